The Bertz CT molecular complexity index is 775. The van der Waals surface area contributed by atoms with Gasteiger partial charge in [0.25, 0.3) is 0 Å². The van der Waals surface area contributed by atoms with Gasteiger partial charge in [0.15, 0.2) is 0 Å². The van der Waals surface area contributed by atoms with Gasteiger partial charge < -0.3 is 9.38 Å². The summed E-state index contributed by atoms with van der Waals surface area (Å²) in [7, 11) is 2.52. The first kappa shape index (κ1) is 16.8. The number of carbonyl (C=O) groups excluding carboxylic acids is 1. The van der Waals surface area contributed by atoms with Crippen LogP contribution >= 0.6 is 0 Å². The summed E-state index contributed by atoms with van der Waals surface area (Å²) in [4.78, 5) is 15.0. The third kappa shape index (κ3) is 1.72. The van der Waals surface area contributed by atoms with Crippen LogP contribution in [-0.4, -0.2) is 42.6 Å². The van der Waals surface area contributed by atoms with Gasteiger partial charge in [-0.15, -0.1) is 0 Å². The van der Waals surface area contributed by atoms with Gasteiger partial charge >= 0.3 is 0 Å². The maximum Gasteiger partial charge on any atom is 0.224 e. The lowest BCUT2D eigenvalue weighted by Gasteiger charge is -2.61. The monoisotopic (exact) mass is 353 g/mol. The van der Waals surface area contributed by atoms with E-state index in [0.29, 0.717) is 23.4 Å². The van der Waals surface area contributed by atoms with Crippen molar-refractivity contribution in [1.82, 2.24) is 0 Å². The number of fused-ring (bicyclic) bond motifs is 1. The maximum absolute atomic E-state index is 12.8. The van der Waals surface area contributed by atoms with E-state index in [1.165, 1.54) is 60.9 Å². The Kier molecular flexibility index (Phi) is 3.31. The number of amides is 1. The molecule has 4 aliphatic rings. The predicted octanol–water partition coefficient (Wildman–Crippen LogP) is 4.11. The van der Waals surface area contributed by atoms with E-state index in [1.54, 1.807) is 6.92 Å². The Morgan fingerprint density at radius 1 is 1.27 bits per heavy atom. The van der Waals surface area contributed by atoms with Crippen LogP contribution < -0.4 is 4.90 Å². The number of hydrogen-bond donors (Lipinski definition) is 0. The number of benzene rings is 1. The van der Waals surface area contributed by atoms with Crippen molar-refractivity contribution < 1.29 is 9.28 Å². The zero-order valence-electron chi connectivity index (χ0n) is 16.8. The minimum Gasteiger partial charge on any atom is -0.322 e. The smallest absolute Gasteiger partial charge is 0.224 e. The van der Waals surface area contributed by atoms with Crippen molar-refractivity contribution >= 4 is 11.6 Å². The van der Waals surface area contributed by atoms with Gasteiger partial charge in [-0.25, -0.2) is 0 Å². The summed E-state index contributed by atoms with van der Waals surface area (Å²) in [5, 5.41) is 0. The lowest BCUT2D eigenvalue weighted by molar-refractivity contribution is -0.937. The molecule has 0 aromatic heterocycles. The summed E-state index contributed by atoms with van der Waals surface area (Å²) >= 11 is 0. The van der Waals surface area contributed by atoms with Gasteiger partial charge in [-0.3, -0.25) is 4.79 Å². The highest BCUT2D eigenvalue weighted by atomic mass is 16.2. The summed E-state index contributed by atoms with van der Waals surface area (Å²) in [5.74, 6) is 0.791. The average molecular weight is 354 g/mol. The van der Waals surface area contributed by atoms with E-state index in [9.17, 15) is 4.79 Å². The molecule has 0 radical (unpaired) electrons. The molecule has 26 heavy (non-hydrogen) atoms. The van der Waals surface area contributed by atoms with Gasteiger partial charge in [-0.1, -0.05) is 32.0 Å². The van der Waals surface area contributed by atoms with E-state index in [0.717, 1.165) is 0 Å². The normalized spacial score (nSPS) is 45.8. The van der Waals surface area contributed by atoms with Gasteiger partial charge in [0.05, 0.1) is 31.6 Å². The second-order valence-corrected chi connectivity index (χ2v) is 9.97. The van der Waals surface area contributed by atoms with Crippen LogP contribution in [0, 0.1) is 11.3 Å². The van der Waals surface area contributed by atoms with E-state index < -0.39 is 0 Å². The molecule has 1 aliphatic carbocycles. The van der Waals surface area contributed by atoms with E-state index in [-0.39, 0.29) is 11.3 Å². The van der Waals surface area contributed by atoms with E-state index in [2.05, 4.69) is 50.1 Å². The van der Waals surface area contributed by atoms with Gasteiger partial charge in [-0.2, -0.15) is 0 Å². The van der Waals surface area contributed by atoms with Crippen molar-refractivity contribution in [2.24, 2.45) is 11.3 Å². The lowest BCUT2D eigenvalue weighted by atomic mass is 9.49. The molecule has 3 nitrogen and oxygen atoms in total. The Hall–Kier alpha value is -1.35. The topological polar surface area (TPSA) is 20.3 Å². The first-order chi connectivity index (χ1) is 12.4. The number of nitrogens with zero attached hydrogens (tertiary/aromatic N) is 2. The molecule has 0 bridgehead atoms. The standard InChI is InChI=1S/C23H33N2O/c1-5-22-11-8-13-25(4)14-12-23(21(22)25)18-9-6-7-10-19(18)24(17(3)26)20(23)16(2)15-22/h6-7,9-10,16,20-21H,5,8,11-15H2,1-4H3/q+1. The zero-order chi connectivity index (χ0) is 18.3. The number of piperidine rings is 1. The molecule has 3 fully saturated rings. The third-order valence-electron chi connectivity index (χ3n) is 8.85. The highest BCUT2D eigenvalue weighted by Crippen LogP contribution is 2.68. The van der Waals surface area contributed by atoms with Crippen molar-refractivity contribution in [1.29, 1.82) is 0 Å². The van der Waals surface area contributed by atoms with Gasteiger partial charge in [0.1, 0.15) is 6.04 Å². The number of carbonyl (C=O) groups is 1. The summed E-state index contributed by atoms with van der Waals surface area (Å²) in [5.41, 5.74) is 3.30. The molecule has 1 aromatic carbocycles. The SMILES string of the molecule is CCC12CCC[N+]3(C)CCC4(c5ccccc5N(C(C)=O)C4C(C)C1)C23. The molecular weight excluding hydrogens is 320 g/mol. The summed E-state index contributed by atoms with van der Waals surface area (Å²) in [6.07, 6.45) is 6.56. The van der Waals surface area contributed by atoms with Gasteiger partial charge in [-0.05, 0) is 43.2 Å². The van der Waals surface area contributed by atoms with Crippen LogP contribution in [0.15, 0.2) is 24.3 Å². The van der Waals surface area contributed by atoms with Crippen molar-refractivity contribution in [3.05, 3.63) is 29.8 Å². The van der Waals surface area contributed by atoms with E-state index in [4.69, 9.17) is 0 Å². The van der Waals surface area contributed by atoms with Crippen LogP contribution in [0.5, 0.6) is 0 Å². The second kappa shape index (κ2) is 5.13. The average Bonchev–Trinajstić information content (AvgIpc) is 3.10. The molecule has 3 aliphatic heterocycles. The molecule has 2 saturated heterocycles. The van der Waals surface area contributed by atoms with Crippen LogP contribution in [0.25, 0.3) is 0 Å². The number of anilines is 1. The number of likely N-dealkylation sites (N-methyl/N-ethyl adjacent to an activating group) is 1. The fraction of sp³-hybridized carbons (Fsp3) is 0.696. The van der Waals surface area contributed by atoms with Crippen molar-refractivity contribution in [2.75, 3.05) is 25.0 Å². The molecule has 5 rings (SSSR count). The minimum absolute atomic E-state index is 0.158. The number of hydrogen-bond acceptors (Lipinski definition) is 1. The van der Waals surface area contributed by atoms with Gasteiger partial charge in [0.2, 0.25) is 5.91 Å². The molecule has 1 saturated carbocycles. The molecule has 3 heteroatoms. The minimum atomic E-state index is 0.158. The summed E-state index contributed by atoms with van der Waals surface area (Å²) in [6, 6.07) is 9.89. The molecule has 1 spiro atoms. The largest absolute Gasteiger partial charge is 0.322 e. The molecule has 0 N–H and O–H groups in total. The van der Waals surface area contributed by atoms with Crippen molar-refractivity contribution in [3.8, 4) is 0 Å². The Labute approximate surface area is 158 Å². The van der Waals surface area contributed by atoms with E-state index >= 15 is 0 Å². The van der Waals surface area contributed by atoms with Crippen LogP contribution in [0.2, 0.25) is 0 Å². The Balaban J connectivity index is 1.81. The molecular formula is C23H33N2O+. The highest BCUT2D eigenvalue weighted by Gasteiger charge is 2.75. The molecule has 6 unspecified atom stereocenters. The fourth-order valence-corrected chi connectivity index (χ4v) is 8.46. The van der Waals surface area contributed by atoms with Crippen LogP contribution in [0.3, 0.4) is 0 Å². The van der Waals surface area contributed by atoms with Gasteiger partial charge in [0, 0.05) is 24.4 Å². The summed E-state index contributed by atoms with van der Waals surface area (Å²) < 4.78 is 1.23. The van der Waals surface area contributed by atoms with Crippen molar-refractivity contribution in [2.45, 2.75) is 70.4 Å². The molecule has 6 atom stereocenters. The Morgan fingerprint density at radius 2 is 2.04 bits per heavy atom. The molecule has 140 valence electrons. The van der Waals surface area contributed by atoms with Crippen LogP contribution in [-0.2, 0) is 10.2 Å². The summed E-state index contributed by atoms with van der Waals surface area (Å²) in [6.45, 7) is 9.22. The maximum atomic E-state index is 12.8. The van der Waals surface area contributed by atoms with Crippen LogP contribution in [0.4, 0.5) is 5.69 Å². The fourth-order valence-electron chi connectivity index (χ4n) is 8.46. The first-order valence-electron chi connectivity index (χ1n) is 10.6. The second-order valence-electron chi connectivity index (χ2n) is 9.97. The highest BCUT2D eigenvalue weighted by molar-refractivity contribution is 5.96. The first-order valence-corrected chi connectivity index (χ1v) is 10.6. The van der Waals surface area contributed by atoms with Crippen molar-refractivity contribution in [3.63, 3.8) is 0 Å². The molecule has 1 aromatic rings. The predicted molar refractivity (Wildman–Crippen MR) is 105 cm³/mol. The third-order valence-corrected chi connectivity index (χ3v) is 8.85. The number of para-hydroxylation sites is 1. The quantitative estimate of drug-likeness (QED) is 0.696. The number of rotatable bonds is 1. The molecule has 1 amide bonds. The van der Waals surface area contributed by atoms with E-state index in [1.807, 2.05) is 0 Å². The Morgan fingerprint density at radius 3 is 2.77 bits per heavy atom. The lowest BCUT2D eigenvalue weighted by Crippen LogP contribution is -2.71. The van der Waals surface area contributed by atoms with Crippen LogP contribution in [0.1, 0.15) is 58.4 Å². The number of quaternary nitrogens is 1. The zero-order valence-corrected chi connectivity index (χ0v) is 16.8. The molecule has 3 heterocycles.